The minimum absolute atomic E-state index is 0.606. The highest BCUT2D eigenvalue weighted by molar-refractivity contribution is 7.20. The van der Waals surface area contributed by atoms with Gasteiger partial charge < -0.3 is 4.90 Å². The SMILES string of the molecule is Cc1cc(C#N)cnc1N1CCc2nc(-c3cncs3)sc2C1. The molecule has 4 rings (SSSR count). The number of fused-ring (bicyclic) bond motifs is 1. The summed E-state index contributed by atoms with van der Waals surface area (Å²) in [5.74, 6) is 0.961. The standard InChI is InChI=1S/C16H13N5S2/c1-10-4-11(5-17)6-19-15(10)21-3-2-12-14(8-21)23-16(20-12)13-7-18-9-22-13/h4,6-7,9H,2-3,8H2,1H3. The van der Waals surface area contributed by atoms with Crippen molar-refractivity contribution in [1.29, 1.82) is 5.26 Å². The first-order valence-corrected chi connectivity index (χ1v) is 8.93. The molecule has 1 aliphatic rings. The maximum Gasteiger partial charge on any atom is 0.135 e. The van der Waals surface area contributed by atoms with Crippen LogP contribution in [0.5, 0.6) is 0 Å². The van der Waals surface area contributed by atoms with E-state index < -0.39 is 0 Å². The molecule has 7 heteroatoms. The summed E-state index contributed by atoms with van der Waals surface area (Å²) in [6, 6.07) is 4.03. The Hall–Kier alpha value is -2.30. The molecule has 0 radical (unpaired) electrons. The Labute approximate surface area is 141 Å². The molecule has 3 aromatic rings. The molecular weight excluding hydrogens is 326 g/mol. The van der Waals surface area contributed by atoms with E-state index >= 15 is 0 Å². The summed E-state index contributed by atoms with van der Waals surface area (Å²) in [5.41, 5.74) is 4.68. The Morgan fingerprint density at radius 2 is 2.26 bits per heavy atom. The van der Waals surface area contributed by atoms with Crippen molar-refractivity contribution in [3.05, 3.63) is 45.7 Å². The minimum atomic E-state index is 0.606. The van der Waals surface area contributed by atoms with E-state index in [9.17, 15) is 0 Å². The van der Waals surface area contributed by atoms with Gasteiger partial charge in [-0.05, 0) is 18.6 Å². The van der Waals surface area contributed by atoms with Gasteiger partial charge in [-0.15, -0.1) is 22.7 Å². The zero-order valence-electron chi connectivity index (χ0n) is 12.5. The third-order valence-electron chi connectivity index (χ3n) is 3.85. The molecule has 0 spiro atoms. The van der Waals surface area contributed by atoms with Crippen molar-refractivity contribution in [3.63, 3.8) is 0 Å². The predicted octanol–water partition coefficient (Wildman–Crippen LogP) is 3.40. The molecule has 23 heavy (non-hydrogen) atoms. The summed E-state index contributed by atoms with van der Waals surface area (Å²) in [7, 11) is 0. The second-order valence-corrected chi connectivity index (χ2v) is 7.37. The van der Waals surface area contributed by atoms with E-state index in [0.717, 1.165) is 40.8 Å². The smallest absolute Gasteiger partial charge is 0.135 e. The van der Waals surface area contributed by atoms with Crippen LogP contribution in [0.15, 0.2) is 24.0 Å². The van der Waals surface area contributed by atoms with Gasteiger partial charge in [-0.3, -0.25) is 4.98 Å². The van der Waals surface area contributed by atoms with Crippen LogP contribution in [0.1, 0.15) is 21.7 Å². The van der Waals surface area contributed by atoms with Crippen molar-refractivity contribution in [2.24, 2.45) is 0 Å². The van der Waals surface area contributed by atoms with Crippen LogP contribution in [0.4, 0.5) is 5.82 Å². The van der Waals surface area contributed by atoms with E-state index in [2.05, 4.69) is 20.9 Å². The fourth-order valence-electron chi connectivity index (χ4n) is 2.76. The Morgan fingerprint density at radius 3 is 3.00 bits per heavy atom. The first-order valence-electron chi connectivity index (χ1n) is 7.23. The number of nitrogens with zero attached hydrogens (tertiary/aromatic N) is 5. The molecule has 0 fully saturated rings. The van der Waals surface area contributed by atoms with Gasteiger partial charge >= 0.3 is 0 Å². The maximum absolute atomic E-state index is 8.97. The monoisotopic (exact) mass is 339 g/mol. The van der Waals surface area contributed by atoms with Crippen LogP contribution in [0.2, 0.25) is 0 Å². The molecule has 114 valence electrons. The Bertz CT molecular complexity index is 892. The number of anilines is 1. The van der Waals surface area contributed by atoms with Gasteiger partial charge in [0.15, 0.2) is 0 Å². The first-order chi connectivity index (χ1) is 11.2. The first kappa shape index (κ1) is 14.3. The lowest BCUT2D eigenvalue weighted by Gasteiger charge is -2.28. The number of hydrogen-bond donors (Lipinski definition) is 0. The van der Waals surface area contributed by atoms with E-state index in [0.29, 0.717) is 5.56 Å². The zero-order chi connectivity index (χ0) is 15.8. The third kappa shape index (κ3) is 2.60. The van der Waals surface area contributed by atoms with Crippen LogP contribution in [0.25, 0.3) is 9.88 Å². The molecule has 0 N–H and O–H groups in total. The summed E-state index contributed by atoms with van der Waals surface area (Å²) >= 11 is 3.37. The van der Waals surface area contributed by atoms with Crippen LogP contribution >= 0.6 is 22.7 Å². The lowest BCUT2D eigenvalue weighted by Crippen LogP contribution is -2.31. The van der Waals surface area contributed by atoms with E-state index in [1.807, 2.05) is 24.7 Å². The highest BCUT2D eigenvalue weighted by atomic mass is 32.1. The lowest BCUT2D eigenvalue weighted by atomic mass is 10.1. The number of hydrogen-bond acceptors (Lipinski definition) is 7. The summed E-state index contributed by atoms with van der Waals surface area (Å²) < 4.78 is 0. The van der Waals surface area contributed by atoms with Crippen LogP contribution in [0, 0.1) is 18.3 Å². The van der Waals surface area contributed by atoms with Crippen LogP contribution in [-0.2, 0) is 13.0 Å². The largest absolute Gasteiger partial charge is 0.351 e. The van der Waals surface area contributed by atoms with E-state index in [1.54, 1.807) is 28.9 Å². The van der Waals surface area contributed by atoms with Gasteiger partial charge in [0.2, 0.25) is 0 Å². The molecule has 0 saturated heterocycles. The molecule has 0 saturated carbocycles. The highest BCUT2D eigenvalue weighted by Crippen LogP contribution is 2.34. The Balaban J connectivity index is 1.63. The van der Waals surface area contributed by atoms with Gasteiger partial charge in [-0.25, -0.2) is 9.97 Å². The molecule has 3 aromatic heterocycles. The van der Waals surface area contributed by atoms with Crippen molar-refractivity contribution in [2.45, 2.75) is 19.9 Å². The summed E-state index contributed by atoms with van der Waals surface area (Å²) in [4.78, 5) is 18.1. The fourth-order valence-corrected chi connectivity index (χ4v) is 4.56. The molecule has 5 nitrogen and oxygen atoms in total. The van der Waals surface area contributed by atoms with Crippen molar-refractivity contribution in [3.8, 4) is 16.0 Å². The second-order valence-electron chi connectivity index (χ2n) is 5.40. The molecule has 0 bridgehead atoms. The second kappa shape index (κ2) is 5.72. The van der Waals surface area contributed by atoms with Crippen molar-refractivity contribution in [1.82, 2.24) is 15.0 Å². The van der Waals surface area contributed by atoms with Crippen molar-refractivity contribution < 1.29 is 0 Å². The molecular formula is C16H13N5S2. The maximum atomic E-state index is 8.97. The highest BCUT2D eigenvalue weighted by Gasteiger charge is 2.23. The van der Waals surface area contributed by atoms with Gasteiger partial charge in [0.1, 0.15) is 16.9 Å². The average Bonchev–Trinajstić information content (AvgIpc) is 3.23. The normalized spacial score (nSPS) is 13.7. The summed E-state index contributed by atoms with van der Waals surface area (Å²) in [6.07, 6.45) is 4.44. The average molecular weight is 339 g/mol. The summed E-state index contributed by atoms with van der Waals surface area (Å²) in [6.45, 7) is 3.73. The zero-order valence-corrected chi connectivity index (χ0v) is 14.1. The molecule has 0 aliphatic carbocycles. The number of aromatic nitrogens is 3. The van der Waals surface area contributed by atoms with Crippen LogP contribution < -0.4 is 4.90 Å². The van der Waals surface area contributed by atoms with E-state index in [1.165, 1.54) is 10.6 Å². The third-order valence-corrected chi connectivity index (χ3v) is 5.88. The number of rotatable bonds is 2. The fraction of sp³-hybridized carbons (Fsp3) is 0.250. The molecule has 0 atom stereocenters. The van der Waals surface area contributed by atoms with Crippen LogP contribution in [-0.4, -0.2) is 21.5 Å². The Morgan fingerprint density at radius 1 is 1.35 bits per heavy atom. The topological polar surface area (TPSA) is 65.7 Å². The quantitative estimate of drug-likeness (QED) is 0.716. The molecule has 1 aliphatic heterocycles. The van der Waals surface area contributed by atoms with Gasteiger partial charge in [-0.1, -0.05) is 0 Å². The van der Waals surface area contributed by atoms with E-state index in [4.69, 9.17) is 10.2 Å². The number of aryl methyl sites for hydroxylation is 1. The molecule has 4 heterocycles. The van der Waals surface area contributed by atoms with Gasteiger partial charge in [0, 0.05) is 30.2 Å². The minimum Gasteiger partial charge on any atom is -0.351 e. The molecule has 0 aromatic carbocycles. The van der Waals surface area contributed by atoms with Crippen molar-refractivity contribution in [2.75, 3.05) is 11.4 Å². The number of nitriles is 1. The van der Waals surface area contributed by atoms with E-state index in [-0.39, 0.29) is 0 Å². The Kier molecular flexibility index (Phi) is 3.56. The summed E-state index contributed by atoms with van der Waals surface area (Å²) in [5, 5.41) is 10.0. The van der Waals surface area contributed by atoms with Gasteiger partial charge in [0.25, 0.3) is 0 Å². The van der Waals surface area contributed by atoms with Gasteiger partial charge in [0.05, 0.1) is 28.2 Å². The predicted molar refractivity (Wildman–Crippen MR) is 91.7 cm³/mol. The lowest BCUT2D eigenvalue weighted by molar-refractivity contribution is 0.716. The number of thiazole rings is 2. The van der Waals surface area contributed by atoms with Crippen molar-refractivity contribution >= 4 is 28.5 Å². The molecule has 0 unspecified atom stereocenters. The van der Waals surface area contributed by atoms with Crippen LogP contribution in [0.3, 0.4) is 0 Å². The van der Waals surface area contributed by atoms with Gasteiger partial charge in [-0.2, -0.15) is 5.26 Å². The number of pyridine rings is 1. The molecule has 0 amide bonds.